The zero-order chi connectivity index (χ0) is 20.6. The van der Waals surface area contributed by atoms with E-state index in [2.05, 4.69) is 25.6 Å². The summed E-state index contributed by atoms with van der Waals surface area (Å²) in [5.74, 6) is 0.314. The standard InChI is InChI=1S/C20H18BrN3O4S/c1-24-11-3-6-18(24)23-29(26,27)15-9-7-14(8-10-15)22-20(25)17-12-13-4-2-5-16(21)19(13)28-17/h2,4-5,7-10,12H,3,6,11H2,1H3,(H,22,25)/b23-18-. The number of amides is 1. The molecule has 2 aromatic carbocycles. The van der Waals surface area contributed by atoms with E-state index in [1.165, 1.54) is 24.3 Å². The summed E-state index contributed by atoms with van der Waals surface area (Å²) in [7, 11) is -1.96. The molecule has 0 saturated carbocycles. The third-order valence-electron chi connectivity index (χ3n) is 4.69. The van der Waals surface area contributed by atoms with Crippen LogP contribution >= 0.6 is 15.9 Å². The number of sulfonamides is 1. The number of amidine groups is 1. The number of likely N-dealkylation sites (tertiary alicyclic amines) is 1. The smallest absolute Gasteiger partial charge is 0.291 e. The molecule has 7 nitrogen and oxygen atoms in total. The van der Waals surface area contributed by atoms with E-state index in [0.29, 0.717) is 23.5 Å². The highest BCUT2D eigenvalue weighted by Gasteiger charge is 2.20. The average molecular weight is 476 g/mol. The van der Waals surface area contributed by atoms with Gasteiger partial charge in [-0.3, -0.25) is 4.79 Å². The molecule has 9 heteroatoms. The van der Waals surface area contributed by atoms with Crippen LogP contribution in [0.15, 0.2) is 66.7 Å². The van der Waals surface area contributed by atoms with Gasteiger partial charge in [-0.1, -0.05) is 12.1 Å². The summed E-state index contributed by atoms with van der Waals surface area (Å²) in [4.78, 5) is 14.4. The lowest BCUT2D eigenvalue weighted by Gasteiger charge is -2.11. The maximum absolute atomic E-state index is 12.5. The van der Waals surface area contributed by atoms with Crippen LogP contribution in [0.25, 0.3) is 11.0 Å². The fraction of sp³-hybridized carbons (Fsp3) is 0.200. The van der Waals surface area contributed by atoms with Gasteiger partial charge in [0.05, 0.1) is 9.37 Å². The van der Waals surface area contributed by atoms with E-state index in [0.717, 1.165) is 22.8 Å². The van der Waals surface area contributed by atoms with Crippen molar-refractivity contribution in [1.29, 1.82) is 0 Å². The number of carbonyl (C=O) groups excluding carboxylic acids is 1. The minimum Gasteiger partial charge on any atom is -0.450 e. The molecule has 1 aromatic heterocycles. The molecule has 0 unspecified atom stereocenters. The predicted octanol–water partition coefficient (Wildman–Crippen LogP) is 4.26. The van der Waals surface area contributed by atoms with Gasteiger partial charge in [-0.2, -0.15) is 8.42 Å². The van der Waals surface area contributed by atoms with Gasteiger partial charge in [0.2, 0.25) is 0 Å². The first-order chi connectivity index (χ1) is 13.8. The third-order valence-corrected chi connectivity index (χ3v) is 6.63. The monoisotopic (exact) mass is 475 g/mol. The molecule has 1 aliphatic rings. The van der Waals surface area contributed by atoms with Crippen molar-refractivity contribution in [2.45, 2.75) is 17.7 Å². The van der Waals surface area contributed by atoms with Crippen molar-refractivity contribution in [3.8, 4) is 0 Å². The first-order valence-electron chi connectivity index (χ1n) is 8.98. The van der Waals surface area contributed by atoms with Crippen LogP contribution in [0, 0.1) is 0 Å². The van der Waals surface area contributed by atoms with Crippen LogP contribution in [0.1, 0.15) is 23.4 Å². The Balaban J connectivity index is 1.51. The van der Waals surface area contributed by atoms with Gasteiger partial charge in [0.1, 0.15) is 11.4 Å². The van der Waals surface area contributed by atoms with Gasteiger partial charge in [0, 0.05) is 31.1 Å². The Morgan fingerprint density at radius 2 is 1.97 bits per heavy atom. The summed E-state index contributed by atoms with van der Waals surface area (Å²) >= 11 is 3.39. The van der Waals surface area contributed by atoms with Gasteiger partial charge in [-0.25, -0.2) is 0 Å². The van der Waals surface area contributed by atoms with E-state index >= 15 is 0 Å². The molecule has 1 fully saturated rings. The molecule has 2 heterocycles. The van der Waals surface area contributed by atoms with Gasteiger partial charge < -0.3 is 14.6 Å². The molecule has 0 aliphatic carbocycles. The number of fused-ring (bicyclic) bond motifs is 1. The summed E-state index contributed by atoms with van der Waals surface area (Å²) in [5, 5.41) is 3.52. The minimum absolute atomic E-state index is 0.0796. The molecule has 0 atom stereocenters. The Labute approximate surface area is 176 Å². The maximum Gasteiger partial charge on any atom is 0.291 e. The second-order valence-electron chi connectivity index (χ2n) is 6.76. The minimum atomic E-state index is -3.79. The van der Waals surface area contributed by atoms with Crippen molar-refractivity contribution in [2.75, 3.05) is 18.9 Å². The summed E-state index contributed by atoms with van der Waals surface area (Å²) in [6, 6.07) is 13.1. The lowest BCUT2D eigenvalue weighted by molar-refractivity contribution is 0.0998. The van der Waals surface area contributed by atoms with Crippen molar-refractivity contribution in [3.63, 3.8) is 0 Å². The number of carbonyl (C=O) groups is 1. The molecule has 0 spiro atoms. The second kappa shape index (κ2) is 7.64. The molecule has 3 aromatic rings. The van der Waals surface area contributed by atoms with Crippen LogP contribution in [0.3, 0.4) is 0 Å². The molecule has 1 saturated heterocycles. The van der Waals surface area contributed by atoms with E-state index < -0.39 is 15.9 Å². The number of furan rings is 1. The number of hydrogen-bond acceptors (Lipinski definition) is 4. The van der Waals surface area contributed by atoms with Gasteiger partial charge >= 0.3 is 0 Å². The van der Waals surface area contributed by atoms with Crippen molar-refractivity contribution in [2.24, 2.45) is 4.40 Å². The first-order valence-corrected chi connectivity index (χ1v) is 11.2. The van der Waals surface area contributed by atoms with Crippen molar-refractivity contribution in [3.05, 3.63) is 58.8 Å². The molecular weight excluding hydrogens is 458 g/mol. The zero-order valence-corrected chi connectivity index (χ0v) is 18.0. The van der Waals surface area contributed by atoms with E-state index in [1.807, 2.05) is 30.1 Å². The Bertz CT molecular complexity index is 1220. The van der Waals surface area contributed by atoms with Gasteiger partial charge in [0.25, 0.3) is 15.9 Å². The van der Waals surface area contributed by atoms with Crippen LogP contribution in [-0.4, -0.2) is 38.7 Å². The number of nitrogens with one attached hydrogen (secondary N) is 1. The second-order valence-corrected chi connectivity index (χ2v) is 9.21. The van der Waals surface area contributed by atoms with Crippen LogP contribution < -0.4 is 5.32 Å². The summed E-state index contributed by atoms with van der Waals surface area (Å²) in [5.41, 5.74) is 1.05. The largest absolute Gasteiger partial charge is 0.450 e. The molecule has 4 rings (SSSR count). The van der Waals surface area contributed by atoms with E-state index in [-0.39, 0.29) is 10.7 Å². The first kappa shape index (κ1) is 19.7. The van der Waals surface area contributed by atoms with Crippen molar-refractivity contribution in [1.82, 2.24) is 4.90 Å². The van der Waals surface area contributed by atoms with Gasteiger partial charge in [-0.05, 0) is 58.7 Å². The molecular formula is C20H18BrN3O4S. The molecule has 1 N–H and O–H groups in total. The third kappa shape index (κ3) is 4.06. The van der Waals surface area contributed by atoms with Crippen molar-refractivity contribution < 1.29 is 17.6 Å². The van der Waals surface area contributed by atoms with Crippen LogP contribution in [0.4, 0.5) is 5.69 Å². The van der Waals surface area contributed by atoms with Gasteiger partial charge in [-0.15, -0.1) is 4.40 Å². The van der Waals surface area contributed by atoms with E-state index in [4.69, 9.17) is 4.42 Å². The number of hydrogen-bond donors (Lipinski definition) is 1. The fourth-order valence-electron chi connectivity index (χ4n) is 3.14. The number of rotatable bonds is 4. The zero-order valence-electron chi connectivity index (χ0n) is 15.6. The summed E-state index contributed by atoms with van der Waals surface area (Å²) in [6.07, 6.45) is 1.55. The SMILES string of the molecule is CN1CCC/C1=N/S(=O)(=O)c1ccc(NC(=O)c2cc3cccc(Br)c3o2)cc1. The quantitative estimate of drug-likeness (QED) is 0.608. The van der Waals surface area contributed by atoms with Crippen LogP contribution in [-0.2, 0) is 10.0 Å². The molecule has 29 heavy (non-hydrogen) atoms. The molecule has 0 bridgehead atoms. The number of para-hydroxylation sites is 1. The highest BCUT2D eigenvalue weighted by molar-refractivity contribution is 9.10. The van der Waals surface area contributed by atoms with Crippen LogP contribution in [0.2, 0.25) is 0 Å². The normalized spacial score (nSPS) is 15.9. The number of nitrogens with zero attached hydrogens (tertiary/aromatic N) is 2. The molecule has 150 valence electrons. The average Bonchev–Trinajstić information content (AvgIpc) is 3.29. The highest BCUT2D eigenvalue weighted by atomic mass is 79.9. The Kier molecular flexibility index (Phi) is 5.18. The Hall–Kier alpha value is -2.65. The Morgan fingerprint density at radius 3 is 2.62 bits per heavy atom. The predicted molar refractivity (Wildman–Crippen MR) is 115 cm³/mol. The lowest BCUT2D eigenvalue weighted by Crippen LogP contribution is -2.20. The molecule has 1 aliphatic heterocycles. The van der Waals surface area contributed by atoms with Gasteiger partial charge in [0.15, 0.2) is 5.76 Å². The van der Waals surface area contributed by atoms with Crippen LogP contribution in [0.5, 0.6) is 0 Å². The number of benzene rings is 2. The topological polar surface area (TPSA) is 92.0 Å². The maximum atomic E-state index is 12.5. The van der Waals surface area contributed by atoms with E-state index in [9.17, 15) is 13.2 Å². The number of halogens is 1. The summed E-state index contributed by atoms with van der Waals surface area (Å²) < 4.78 is 35.3. The highest BCUT2D eigenvalue weighted by Crippen LogP contribution is 2.27. The Morgan fingerprint density at radius 1 is 1.21 bits per heavy atom. The number of anilines is 1. The molecule has 0 radical (unpaired) electrons. The molecule has 1 amide bonds. The van der Waals surface area contributed by atoms with Crippen molar-refractivity contribution >= 4 is 54.4 Å². The fourth-order valence-corrected chi connectivity index (χ4v) is 4.70. The van der Waals surface area contributed by atoms with E-state index in [1.54, 1.807) is 6.07 Å². The lowest BCUT2D eigenvalue weighted by atomic mass is 10.2. The summed E-state index contributed by atoms with van der Waals surface area (Å²) in [6.45, 7) is 0.803.